The minimum Gasteiger partial charge on any atom is -0.457 e. The van der Waals surface area contributed by atoms with Crippen LogP contribution >= 0.6 is 0 Å². The van der Waals surface area contributed by atoms with Gasteiger partial charge in [-0.2, -0.15) is 0 Å². The second-order valence-electron chi connectivity index (χ2n) is 5.69. The van der Waals surface area contributed by atoms with Gasteiger partial charge in [0.05, 0.1) is 0 Å². The number of rotatable bonds is 5. The highest BCUT2D eigenvalue weighted by atomic mass is 16.5. The Labute approximate surface area is 146 Å². The molecule has 1 heterocycles. The summed E-state index contributed by atoms with van der Waals surface area (Å²) >= 11 is 0. The van der Waals surface area contributed by atoms with E-state index in [-0.39, 0.29) is 5.91 Å². The number of para-hydroxylation sites is 1. The van der Waals surface area contributed by atoms with Crippen LogP contribution in [0.15, 0.2) is 72.9 Å². The topological polar surface area (TPSA) is 54.5 Å². The number of hydrogen-bond donors (Lipinski definition) is 1. The maximum Gasteiger partial charge on any atom is 0.255 e. The maximum atomic E-state index is 12.5. The van der Waals surface area contributed by atoms with Gasteiger partial charge in [-0.25, -0.2) is 4.98 Å². The van der Waals surface area contributed by atoms with Crippen LogP contribution in [0.1, 0.15) is 10.4 Å². The van der Waals surface area contributed by atoms with Gasteiger partial charge < -0.3 is 15.0 Å². The van der Waals surface area contributed by atoms with Gasteiger partial charge in [-0.15, -0.1) is 0 Å². The van der Waals surface area contributed by atoms with Gasteiger partial charge in [0.15, 0.2) is 0 Å². The predicted octanol–water partition coefficient (Wildman–Crippen LogP) is 4.19. The zero-order chi connectivity index (χ0) is 17.6. The van der Waals surface area contributed by atoms with Crippen LogP contribution in [-0.4, -0.2) is 25.0 Å². The Morgan fingerprint density at radius 2 is 1.72 bits per heavy atom. The molecular weight excluding hydrogens is 314 g/mol. The maximum absolute atomic E-state index is 12.5. The third-order valence-corrected chi connectivity index (χ3v) is 3.54. The molecule has 25 heavy (non-hydrogen) atoms. The van der Waals surface area contributed by atoms with Gasteiger partial charge in [0, 0.05) is 37.6 Å². The summed E-state index contributed by atoms with van der Waals surface area (Å²) in [5, 5.41) is 2.89. The van der Waals surface area contributed by atoms with Crippen LogP contribution in [0, 0.1) is 0 Å². The molecule has 0 aliphatic heterocycles. The Bertz CT molecular complexity index is 864. The molecule has 0 saturated heterocycles. The molecule has 0 atom stereocenters. The molecule has 2 aromatic carbocycles. The van der Waals surface area contributed by atoms with Gasteiger partial charge in [-0.05, 0) is 36.4 Å². The molecule has 0 bridgehead atoms. The lowest BCUT2D eigenvalue weighted by atomic mass is 10.2. The molecule has 1 N–H and O–H groups in total. The minimum absolute atomic E-state index is 0.192. The molecule has 0 fully saturated rings. The summed E-state index contributed by atoms with van der Waals surface area (Å²) in [4.78, 5) is 18.5. The lowest BCUT2D eigenvalue weighted by Gasteiger charge is -2.12. The first-order chi connectivity index (χ1) is 12.1. The van der Waals surface area contributed by atoms with Crippen LogP contribution in [0.2, 0.25) is 0 Å². The summed E-state index contributed by atoms with van der Waals surface area (Å²) in [5.41, 5.74) is 1.22. The smallest absolute Gasteiger partial charge is 0.255 e. The third kappa shape index (κ3) is 4.35. The fraction of sp³-hybridized carbons (Fsp3) is 0.100. The SMILES string of the molecule is CN(C)c1cc(C(=O)Nc2cccc(Oc3ccccc3)c2)ccn1. The lowest BCUT2D eigenvalue weighted by Crippen LogP contribution is -2.15. The number of hydrogen-bond acceptors (Lipinski definition) is 4. The summed E-state index contributed by atoms with van der Waals surface area (Å²) < 4.78 is 5.79. The van der Waals surface area contributed by atoms with Crippen LogP contribution in [0.4, 0.5) is 11.5 Å². The summed E-state index contributed by atoms with van der Waals surface area (Å²) in [6.07, 6.45) is 1.62. The zero-order valence-corrected chi connectivity index (χ0v) is 14.1. The molecule has 0 radical (unpaired) electrons. The zero-order valence-electron chi connectivity index (χ0n) is 14.1. The number of carbonyl (C=O) groups is 1. The summed E-state index contributed by atoms with van der Waals surface area (Å²) in [7, 11) is 3.77. The monoisotopic (exact) mass is 333 g/mol. The van der Waals surface area contributed by atoms with E-state index in [4.69, 9.17) is 4.74 Å². The van der Waals surface area contributed by atoms with E-state index in [1.54, 1.807) is 24.4 Å². The van der Waals surface area contributed by atoms with Gasteiger partial charge in [0.25, 0.3) is 5.91 Å². The number of nitrogens with zero attached hydrogens (tertiary/aromatic N) is 2. The van der Waals surface area contributed by atoms with Crippen molar-refractivity contribution in [3.05, 3.63) is 78.5 Å². The first-order valence-corrected chi connectivity index (χ1v) is 7.89. The van der Waals surface area contributed by atoms with Gasteiger partial charge in [-0.1, -0.05) is 24.3 Å². The summed E-state index contributed by atoms with van der Waals surface area (Å²) in [6.45, 7) is 0. The highest BCUT2D eigenvalue weighted by Gasteiger charge is 2.09. The van der Waals surface area contributed by atoms with Crippen LogP contribution in [-0.2, 0) is 0 Å². The Morgan fingerprint density at radius 1 is 0.960 bits per heavy atom. The molecule has 5 nitrogen and oxygen atoms in total. The Balaban J connectivity index is 1.73. The van der Waals surface area contributed by atoms with E-state index in [1.165, 1.54) is 0 Å². The summed E-state index contributed by atoms with van der Waals surface area (Å²) in [5.74, 6) is 1.94. The molecule has 0 aliphatic rings. The molecule has 3 rings (SSSR count). The number of aromatic nitrogens is 1. The van der Waals surface area contributed by atoms with E-state index in [0.717, 1.165) is 11.6 Å². The van der Waals surface area contributed by atoms with Crippen molar-refractivity contribution in [3.8, 4) is 11.5 Å². The van der Waals surface area contributed by atoms with E-state index >= 15 is 0 Å². The molecule has 0 aliphatic carbocycles. The molecule has 5 heteroatoms. The van der Waals surface area contributed by atoms with Crippen molar-refractivity contribution in [1.82, 2.24) is 4.98 Å². The average molecular weight is 333 g/mol. The predicted molar refractivity (Wildman–Crippen MR) is 99.5 cm³/mol. The third-order valence-electron chi connectivity index (χ3n) is 3.54. The van der Waals surface area contributed by atoms with E-state index < -0.39 is 0 Å². The number of amides is 1. The molecular formula is C20H19N3O2. The van der Waals surface area contributed by atoms with Crippen LogP contribution in [0.3, 0.4) is 0 Å². The van der Waals surface area contributed by atoms with E-state index in [9.17, 15) is 4.79 Å². The first kappa shape index (κ1) is 16.5. The fourth-order valence-corrected chi connectivity index (χ4v) is 2.27. The molecule has 0 unspecified atom stereocenters. The molecule has 126 valence electrons. The number of anilines is 2. The number of carbonyl (C=O) groups excluding carboxylic acids is 1. The van der Waals surface area contributed by atoms with Gasteiger partial charge in [0.2, 0.25) is 0 Å². The lowest BCUT2D eigenvalue weighted by molar-refractivity contribution is 0.102. The first-order valence-electron chi connectivity index (χ1n) is 7.89. The van der Waals surface area contributed by atoms with Crippen molar-refractivity contribution in [3.63, 3.8) is 0 Å². The average Bonchev–Trinajstić information content (AvgIpc) is 2.63. The second-order valence-corrected chi connectivity index (χ2v) is 5.69. The number of pyridine rings is 1. The van der Waals surface area contributed by atoms with E-state index in [0.29, 0.717) is 17.0 Å². The highest BCUT2D eigenvalue weighted by molar-refractivity contribution is 6.04. The second kappa shape index (κ2) is 7.49. The van der Waals surface area contributed by atoms with Crippen molar-refractivity contribution in [2.75, 3.05) is 24.3 Å². The van der Waals surface area contributed by atoms with Crippen LogP contribution in [0.5, 0.6) is 11.5 Å². The van der Waals surface area contributed by atoms with Crippen molar-refractivity contribution >= 4 is 17.4 Å². The van der Waals surface area contributed by atoms with E-state index in [1.807, 2.05) is 67.5 Å². The van der Waals surface area contributed by atoms with Gasteiger partial charge >= 0.3 is 0 Å². The van der Waals surface area contributed by atoms with Crippen molar-refractivity contribution in [1.29, 1.82) is 0 Å². The Morgan fingerprint density at radius 3 is 2.48 bits per heavy atom. The number of nitrogens with one attached hydrogen (secondary N) is 1. The van der Waals surface area contributed by atoms with Crippen molar-refractivity contribution < 1.29 is 9.53 Å². The number of benzene rings is 2. The highest BCUT2D eigenvalue weighted by Crippen LogP contribution is 2.24. The van der Waals surface area contributed by atoms with Crippen LogP contribution < -0.4 is 15.0 Å². The molecule has 0 spiro atoms. The van der Waals surface area contributed by atoms with Gasteiger partial charge in [0.1, 0.15) is 17.3 Å². The van der Waals surface area contributed by atoms with E-state index in [2.05, 4.69) is 10.3 Å². The minimum atomic E-state index is -0.192. The van der Waals surface area contributed by atoms with Crippen LogP contribution in [0.25, 0.3) is 0 Å². The summed E-state index contributed by atoms with van der Waals surface area (Å²) in [6, 6.07) is 20.2. The van der Waals surface area contributed by atoms with Gasteiger partial charge in [-0.3, -0.25) is 4.79 Å². The number of ether oxygens (including phenoxy) is 1. The molecule has 1 aromatic heterocycles. The normalized spacial score (nSPS) is 10.2. The van der Waals surface area contributed by atoms with Crippen molar-refractivity contribution in [2.45, 2.75) is 0 Å². The fourth-order valence-electron chi connectivity index (χ4n) is 2.27. The standard InChI is InChI=1S/C20H19N3O2/c1-23(2)19-13-15(11-12-21-19)20(24)22-16-7-6-10-18(14-16)25-17-8-4-3-5-9-17/h3-14H,1-2H3,(H,22,24). The molecule has 0 saturated carbocycles. The molecule has 1 amide bonds. The largest absolute Gasteiger partial charge is 0.457 e. The molecule has 3 aromatic rings. The van der Waals surface area contributed by atoms with Crippen molar-refractivity contribution in [2.24, 2.45) is 0 Å². The quantitative estimate of drug-likeness (QED) is 0.760. The Kier molecular flexibility index (Phi) is 4.95. The Hall–Kier alpha value is -3.34.